The minimum atomic E-state index is -0.556. The van der Waals surface area contributed by atoms with Gasteiger partial charge in [0, 0.05) is 12.5 Å². The molecule has 1 rings (SSSR count). The number of aliphatic hydroxyl groups excluding tert-OH is 1. The molecule has 0 saturated heterocycles. The van der Waals surface area contributed by atoms with Crippen LogP contribution in [0, 0.1) is 17.1 Å². The van der Waals surface area contributed by atoms with E-state index in [4.69, 9.17) is 5.26 Å². The Morgan fingerprint density at radius 2 is 2.20 bits per heavy atom. The molecule has 0 spiro atoms. The molecule has 0 aromatic heterocycles. The number of Topliss-reactive ketones (excluding diaryl/α,β-unsaturated/α-hetero) is 1. The van der Waals surface area contributed by atoms with Crippen molar-refractivity contribution in [1.82, 2.24) is 0 Å². The van der Waals surface area contributed by atoms with Gasteiger partial charge in [-0.3, -0.25) is 4.79 Å². The summed E-state index contributed by atoms with van der Waals surface area (Å²) in [5.41, 5.74) is -0.262. The van der Waals surface area contributed by atoms with Gasteiger partial charge in [-0.1, -0.05) is 12.1 Å². The van der Waals surface area contributed by atoms with Crippen LogP contribution >= 0.6 is 0 Å². The Morgan fingerprint density at radius 1 is 1.53 bits per heavy atom. The van der Waals surface area contributed by atoms with Gasteiger partial charge in [0.1, 0.15) is 23.2 Å². The van der Waals surface area contributed by atoms with Gasteiger partial charge >= 0.3 is 0 Å². The van der Waals surface area contributed by atoms with E-state index < -0.39 is 17.4 Å². The number of hydrogen-bond acceptors (Lipinski definition) is 3. The summed E-state index contributed by atoms with van der Waals surface area (Å²) >= 11 is 0. The van der Waals surface area contributed by atoms with Crippen molar-refractivity contribution in [3.05, 3.63) is 41.2 Å². The highest BCUT2D eigenvalue weighted by atomic mass is 19.1. The Morgan fingerprint density at radius 3 is 2.67 bits per heavy atom. The number of nitriles is 1. The Hall–Kier alpha value is -2.15. The fourth-order valence-corrected chi connectivity index (χ4v) is 1.08. The predicted molar refractivity (Wildman–Crippen MR) is 52.2 cm³/mol. The van der Waals surface area contributed by atoms with E-state index >= 15 is 0 Å². The van der Waals surface area contributed by atoms with Crippen LogP contribution in [0.3, 0.4) is 0 Å². The van der Waals surface area contributed by atoms with Crippen molar-refractivity contribution < 1.29 is 14.3 Å². The van der Waals surface area contributed by atoms with E-state index in [1.54, 1.807) is 6.07 Å². The Balaban J connectivity index is 3.30. The number of benzene rings is 1. The highest BCUT2D eigenvalue weighted by Gasteiger charge is 2.12. The highest BCUT2D eigenvalue weighted by molar-refractivity contribution is 6.03. The zero-order chi connectivity index (χ0) is 11.4. The number of carbonyl (C=O) groups excluding carboxylic acids is 1. The van der Waals surface area contributed by atoms with Crippen LogP contribution < -0.4 is 0 Å². The Labute approximate surface area is 86.1 Å². The molecule has 0 heterocycles. The standard InChI is InChI=1S/C11H8FNO2/c1-7(14)10(6-13)11(15)8-3-2-4-9(12)5-8/h2-5,15H,1H3. The molecule has 0 saturated carbocycles. The van der Waals surface area contributed by atoms with Gasteiger partial charge in [0.25, 0.3) is 0 Å². The predicted octanol–water partition coefficient (Wildman–Crippen LogP) is 2.21. The molecule has 0 aliphatic rings. The molecule has 1 aromatic rings. The van der Waals surface area contributed by atoms with Gasteiger partial charge in [0.2, 0.25) is 0 Å². The molecule has 0 unspecified atom stereocenters. The topological polar surface area (TPSA) is 61.1 Å². The van der Waals surface area contributed by atoms with E-state index in [-0.39, 0.29) is 11.1 Å². The summed E-state index contributed by atoms with van der Waals surface area (Å²) in [6.45, 7) is 1.16. The molecular weight excluding hydrogens is 197 g/mol. The summed E-state index contributed by atoms with van der Waals surface area (Å²) in [5.74, 6) is -1.59. The SMILES string of the molecule is CC(=O)C(C#N)=C(O)c1cccc(F)c1. The summed E-state index contributed by atoms with van der Waals surface area (Å²) in [5, 5.41) is 18.2. The van der Waals surface area contributed by atoms with Crippen LogP contribution in [0.1, 0.15) is 12.5 Å². The number of allylic oxidation sites excluding steroid dienone is 1. The molecular formula is C11H8FNO2. The first-order chi connectivity index (χ1) is 7.06. The Bertz CT molecular complexity index is 472. The Kier molecular flexibility index (Phi) is 3.19. The summed E-state index contributed by atoms with van der Waals surface area (Å²) in [6.07, 6.45) is 0. The summed E-state index contributed by atoms with van der Waals surface area (Å²) < 4.78 is 12.8. The first-order valence-electron chi connectivity index (χ1n) is 4.16. The molecule has 0 bridgehead atoms. The molecule has 0 radical (unpaired) electrons. The maximum absolute atomic E-state index is 12.8. The van der Waals surface area contributed by atoms with E-state index in [2.05, 4.69) is 0 Å². The fraction of sp³-hybridized carbons (Fsp3) is 0.0909. The van der Waals surface area contributed by atoms with Crippen molar-refractivity contribution in [1.29, 1.82) is 5.26 Å². The van der Waals surface area contributed by atoms with Crippen LogP contribution in [-0.2, 0) is 4.79 Å². The molecule has 0 fully saturated rings. The third-order valence-electron chi connectivity index (χ3n) is 1.80. The quantitative estimate of drug-likeness (QED) is 0.457. The number of nitrogens with zero attached hydrogens (tertiary/aromatic N) is 1. The van der Waals surface area contributed by atoms with Crippen LogP contribution in [0.5, 0.6) is 0 Å². The van der Waals surface area contributed by atoms with Gasteiger partial charge in [-0.15, -0.1) is 0 Å². The van der Waals surface area contributed by atoms with E-state index in [1.165, 1.54) is 18.2 Å². The fourth-order valence-electron chi connectivity index (χ4n) is 1.08. The second-order valence-corrected chi connectivity index (χ2v) is 2.90. The molecule has 3 nitrogen and oxygen atoms in total. The number of halogens is 1. The summed E-state index contributed by atoms with van der Waals surface area (Å²) in [7, 11) is 0. The molecule has 0 aliphatic heterocycles. The van der Waals surface area contributed by atoms with Gasteiger partial charge in [0.15, 0.2) is 5.78 Å². The number of aliphatic hydroxyl groups is 1. The van der Waals surface area contributed by atoms with Gasteiger partial charge in [-0.05, 0) is 12.1 Å². The largest absolute Gasteiger partial charge is 0.506 e. The maximum Gasteiger partial charge on any atom is 0.174 e. The summed E-state index contributed by atoms with van der Waals surface area (Å²) in [6, 6.07) is 6.63. The highest BCUT2D eigenvalue weighted by Crippen LogP contribution is 2.17. The smallest absolute Gasteiger partial charge is 0.174 e. The number of rotatable bonds is 2. The van der Waals surface area contributed by atoms with Crippen molar-refractivity contribution in [3.63, 3.8) is 0 Å². The zero-order valence-electron chi connectivity index (χ0n) is 7.99. The lowest BCUT2D eigenvalue weighted by atomic mass is 10.1. The molecule has 0 amide bonds. The first kappa shape index (κ1) is 10.9. The van der Waals surface area contributed by atoms with Crippen LogP contribution in [0.25, 0.3) is 5.76 Å². The minimum absolute atomic E-state index is 0.113. The molecule has 1 N–H and O–H groups in total. The van der Waals surface area contributed by atoms with Gasteiger partial charge in [0.05, 0.1) is 0 Å². The first-order valence-corrected chi connectivity index (χ1v) is 4.16. The summed E-state index contributed by atoms with van der Waals surface area (Å²) in [4.78, 5) is 10.9. The van der Waals surface area contributed by atoms with Gasteiger partial charge < -0.3 is 5.11 Å². The van der Waals surface area contributed by atoms with Crippen molar-refractivity contribution >= 4 is 11.5 Å². The van der Waals surface area contributed by atoms with Crippen LogP contribution in [-0.4, -0.2) is 10.9 Å². The molecule has 0 atom stereocenters. The van der Waals surface area contributed by atoms with Crippen molar-refractivity contribution in [3.8, 4) is 6.07 Å². The molecule has 15 heavy (non-hydrogen) atoms. The second-order valence-electron chi connectivity index (χ2n) is 2.90. The lowest BCUT2D eigenvalue weighted by molar-refractivity contribution is -0.113. The minimum Gasteiger partial charge on any atom is -0.506 e. The number of carbonyl (C=O) groups is 1. The van der Waals surface area contributed by atoms with Gasteiger partial charge in [-0.2, -0.15) is 5.26 Å². The average molecular weight is 205 g/mol. The van der Waals surface area contributed by atoms with Crippen molar-refractivity contribution in [2.24, 2.45) is 0 Å². The van der Waals surface area contributed by atoms with Crippen LogP contribution in [0.4, 0.5) is 4.39 Å². The molecule has 76 valence electrons. The monoisotopic (exact) mass is 205 g/mol. The lowest BCUT2D eigenvalue weighted by Gasteiger charge is -2.01. The third-order valence-corrected chi connectivity index (χ3v) is 1.80. The average Bonchev–Trinajstić information content (AvgIpc) is 2.18. The lowest BCUT2D eigenvalue weighted by Crippen LogP contribution is -1.99. The van der Waals surface area contributed by atoms with Crippen molar-refractivity contribution in [2.45, 2.75) is 6.92 Å². The third kappa shape index (κ3) is 2.41. The van der Waals surface area contributed by atoms with E-state index in [1.807, 2.05) is 0 Å². The number of ketones is 1. The van der Waals surface area contributed by atoms with E-state index in [0.717, 1.165) is 13.0 Å². The number of hydrogen-bond donors (Lipinski definition) is 1. The zero-order valence-corrected chi connectivity index (χ0v) is 7.99. The van der Waals surface area contributed by atoms with E-state index in [9.17, 15) is 14.3 Å². The molecule has 0 aliphatic carbocycles. The van der Waals surface area contributed by atoms with Gasteiger partial charge in [-0.25, -0.2) is 4.39 Å². The maximum atomic E-state index is 12.8. The normalized spacial score (nSPS) is 11.5. The van der Waals surface area contributed by atoms with E-state index in [0.29, 0.717) is 0 Å². The van der Waals surface area contributed by atoms with Crippen LogP contribution in [0.15, 0.2) is 29.8 Å². The second kappa shape index (κ2) is 4.38. The molecule has 4 heteroatoms. The van der Waals surface area contributed by atoms with Crippen LogP contribution in [0.2, 0.25) is 0 Å². The van der Waals surface area contributed by atoms with Crippen molar-refractivity contribution in [2.75, 3.05) is 0 Å². The molecule has 1 aromatic carbocycles.